The Morgan fingerprint density at radius 2 is 1.88 bits per heavy atom. The summed E-state index contributed by atoms with van der Waals surface area (Å²) in [5, 5.41) is 0.796. The van der Waals surface area contributed by atoms with Crippen molar-refractivity contribution in [2.75, 3.05) is 0 Å². The predicted octanol–water partition coefficient (Wildman–Crippen LogP) is 3.19. The standard InChI is InChI=1S/C14H15NO/c16-14-9-13(10-5-1-2-6-10)15-12-8-4-3-7-11(12)14/h3-4,7-10H,1-2,5-6H2,(H,15,16). The quantitative estimate of drug-likeness (QED) is 0.775. The molecule has 1 saturated carbocycles. The molecule has 0 amide bonds. The molecule has 0 radical (unpaired) electrons. The summed E-state index contributed by atoms with van der Waals surface area (Å²) in [5.74, 6) is 0.567. The molecule has 1 aromatic carbocycles. The molecule has 1 aliphatic rings. The highest BCUT2D eigenvalue weighted by Gasteiger charge is 2.18. The number of fused-ring (bicyclic) bond motifs is 1. The minimum absolute atomic E-state index is 0.149. The van der Waals surface area contributed by atoms with Crippen molar-refractivity contribution >= 4 is 10.9 Å². The van der Waals surface area contributed by atoms with Crippen LogP contribution in [0.1, 0.15) is 37.3 Å². The highest BCUT2D eigenvalue weighted by molar-refractivity contribution is 5.78. The third-order valence-electron chi connectivity index (χ3n) is 3.55. The van der Waals surface area contributed by atoms with Gasteiger partial charge >= 0.3 is 0 Å². The Morgan fingerprint density at radius 3 is 2.69 bits per heavy atom. The molecule has 2 nitrogen and oxygen atoms in total. The fourth-order valence-electron chi connectivity index (χ4n) is 2.67. The summed E-state index contributed by atoms with van der Waals surface area (Å²) in [6, 6.07) is 9.53. The lowest BCUT2D eigenvalue weighted by molar-refractivity contribution is 0.700. The number of aromatic nitrogens is 1. The number of pyridine rings is 1. The van der Waals surface area contributed by atoms with Crippen molar-refractivity contribution in [2.45, 2.75) is 31.6 Å². The summed E-state index contributed by atoms with van der Waals surface area (Å²) in [4.78, 5) is 15.3. The van der Waals surface area contributed by atoms with Gasteiger partial charge in [-0.05, 0) is 30.9 Å². The Balaban J connectivity index is 2.17. The number of aromatic amines is 1. The Labute approximate surface area is 94.3 Å². The average molecular weight is 213 g/mol. The van der Waals surface area contributed by atoms with Crippen LogP contribution in [0.25, 0.3) is 10.9 Å². The second kappa shape index (κ2) is 3.78. The predicted molar refractivity (Wildman–Crippen MR) is 65.8 cm³/mol. The minimum Gasteiger partial charge on any atom is -0.358 e. The van der Waals surface area contributed by atoms with Gasteiger partial charge in [-0.15, -0.1) is 0 Å². The van der Waals surface area contributed by atoms with E-state index >= 15 is 0 Å². The Kier molecular flexibility index (Phi) is 2.28. The van der Waals surface area contributed by atoms with Gasteiger partial charge in [-0.3, -0.25) is 4.79 Å². The first-order valence-corrected chi connectivity index (χ1v) is 5.96. The third-order valence-corrected chi connectivity index (χ3v) is 3.55. The first-order valence-electron chi connectivity index (χ1n) is 5.96. The number of para-hydroxylation sites is 1. The van der Waals surface area contributed by atoms with E-state index in [0.717, 1.165) is 16.6 Å². The summed E-state index contributed by atoms with van der Waals surface area (Å²) in [7, 11) is 0. The van der Waals surface area contributed by atoms with Crippen molar-refractivity contribution in [1.82, 2.24) is 4.98 Å². The Morgan fingerprint density at radius 1 is 1.12 bits per heavy atom. The van der Waals surface area contributed by atoms with Gasteiger partial charge in [0.25, 0.3) is 0 Å². The highest BCUT2D eigenvalue weighted by Crippen LogP contribution is 2.32. The van der Waals surface area contributed by atoms with Crippen LogP contribution in [0.5, 0.6) is 0 Å². The molecule has 0 atom stereocenters. The van der Waals surface area contributed by atoms with E-state index in [1.54, 1.807) is 6.07 Å². The molecular formula is C14H15NO. The van der Waals surface area contributed by atoms with Gasteiger partial charge in [0, 0.05) is 22.7 Å². The van der Waals surface area contributed by atoms with Gasteiger partial charge in [0.2, 0.25) is 0 Å². The monoisotopic (exact) mass is 213 g/mol. The fraction of sp³-hybridized carbons (Fsp3) is 0.357. The van der Waals surface area contributed by atoms with Crippen molar-refractivity contribution in [3.63, 3.8) is 0 Å². The molecular weight excluding hydrogens is 198 g/mol. The molecule has 1 aromatic heterocycles. The van der Waals surface area contributed by atoms with E-state index in [1.807, 2.05) is 24.3 Å². The maximum Gasteiger partial charge on any atom is 0.189 e. The normalized spacial score (nSPS) is 17.0. The molecule has 2 heteroatoms. The largest absolute Gasteiger partial charge is 0.358 e. The molecule has 0 bridgehead atoms. The lowest BCUT2D eigenvalue weighted by Crippen LogP contribution is -2.07. The van der Waals surface area contributed by atoms with E-state index in [-0.39, 0.29) is 5.43 Å². The van der Waals surface area contributed by atoms with Crippen LogP contribution < -0.4 is 5.43 Å². The summed E-state index contributed by atoms with van der Waals surface area (Å²) >= 11 is 0. The lowest BCUT2D eigenvalue weighted by atomic mass is 10.0. The molecule has 0 spiro atoms. The molecule has 1 N–H and O–H groups in total. The molecule has 1 aliphatic carbocycles. The second-order valence-electron chi connectivity index (χ2n) is 4.62. The second-order valence-corrected chi connectivity index (χ2v) is 4.62. The van der Waals surface area contributed by atoms with E-state index in [9.17, 15) is 4.79 Å². The zero-order chi connectivity index (χ0) is 11.0. The van der Waals surface area contributed by atoms with Crippen molar-refractivity contribution in [2.24, 2.45) is 0 Å². The average Bonchev–Trinajstić information content (AvgIpc) is 2.82. The molecule has 0 saturated heterocycles. The highest BCUT2D eigenvalue weighted by atomic mass is 16.1. The van der Waals surface area contributed by atoms with Gasteiger partial charge in [0.05, 0.1) is 0 Å². The number of hydrogen-bond donors (Lipinski definition) is 1. The number of nitrogens with one attached hydrogen (secondary N) is 1. The van der Waals surface area contributed by atoms with Crippen LogP contribution in [0, 0.1) is 0 Å². The zero-order valence-corrected chi connectivity index (χ0v) is 9.20. The minimum atomic E-state index is 0.149. The third kappa shape index (κ3) is 1.54. The fourth-order valence-corrected chi connectivity index (χ4v) is 2.67. The molecule has 0 aliphatic heterocycles. The van der Waals surface area contributed by atoms with Crippen LogP contribution >= 0.6 is 0 Å². The van der Waals surface area contributed by atoms with Crippen LogP contribution in [0.4, 0.5) is 0 Å². The smallest absolute Gasteiger partial charge is 0.189 e. The van der Waals surface area contributed by atoms with Gasteiger partial charge in [-0.2, -0.15) is 0 Å². The van der Waals surface area contributed by atoms with Gasteiger partial charge in [0.15, 0.2) is 5.43 Å². The SMILES string of the molecule is O=c1cc(C2CCCC2)[nH]c2ccccc12. The van der Waals surface area contributed by atoms with Gasteiger partial charge in [-0.25, -0.2) is 0 Å². The van der Waals surface area contributed by atoms with Crippen molar-refractivity contribution in [1.29, 1.82) is 0 Å². The van der Waals surface area contributed by atoms with Crippen molar-refractivity contribution in [3.8, 4) is 0 Å². The van der Waals surface area contributed by atoms with Crippen molar-refractivity contribution < 1.29 is 0 Å². The van der Waals surface area contributed by atoms with E-state index in [4.69, 9.17) is 0 Å². The Hall–Kier alpha value is -1.57. The summed E-state index contributed by atoms with van der Waals surface area (Å²) < 4.78 is 0. The van der Waals surface area contributed by atoms with Crippen LogP contribution in [0.2, 0.25) is 0 Å². The van der Waals surface area contributed by atoms with Gasteiger partial charge in [-0.1, -0.05) is 25.0 Å². The number of benzene rings is 1. The first-order chi connectivity index (χ1) is 7.84. The van der Waals surface area contributed by atoms with Crippen LogP contribution in [0.15, 0.2) is 35.1 Å². The summed E-state index contributed by atoms with van der Waals surface area (Å²) in [6.07, 6.45) is 5.02. The lowest BCUT2D eigenvalue weighted by Gasteiger charge is -2.10. The molecule has 1 heterocycles. The summed E-state index contributed by atoms with van der Waals surface area (Å²) in [6.45, 7) is 0. The van der Waals surface area contributed by atoms with Crippen LogP contribution in [-0.2, 0) is 0 Å². The van der Waals surface area contributed by atoms with E-state index in [2.05, 4.69) is 4.98 Å². The zero-order valence-electron chi connectivity index (χ0n) is 9.20. The number of rotatable bonds is 1. The van der Waals surface area contributed by atoms with Gasteiger partial charge in [0.1, 0.15) is 0 Å². The molecule has 82 valence electrons. The first kappa shape index (κ1) is 9.64. The maximum absolute atomic E-state index is 11.9. The van der Waals surface area contributed by atoms with Gasteiger partial charge < -0.3 is 4.98 Å². The van der Waals surface area contributed by atoms with E-state index in [1.165, 1.54) is 25.7 Å². The molecule has 1 fully saturated rings. The molecule has 16 heavy (non-hydrogen) atoms. The number of H-pyrrole nitrogens is 1. The van der Waals surface area contributed by atoms with E-state index < -0.39 is 0 Å². The Bertz CT molecular complexity index is 564. The maximum atomic E-state index is 11.9. The molecule has 3 rings (SSSR count). The molecule has 0 unspecified atom stereocenters. The molecule has 2 aromatic rings. The topological polar surface area (TPSA) is 32.9 Å². The van der Waals surface area contributed by atoms with Crippen LogP contribution in [-0.4, -0.2) is 4.98 Å². The van der Waals surface area contributed by atoms with Crippen molar-refractivity contribution in [3.05, 3.63) is 46.2 Å². The summed E-state index contributed by atoms with van der Waals surface area (Å²) in [5.41, 5.74) is 2.24. The van der Waals surface area contributed by atoms with Crippen LogP contribution in [0.3, 0.4) is 0 Å². The number of hydrogen-bond acceptors (Lipinski definition) is 1. The van der Waals surface area contributed by atoms with E-state index in [0.29, 0.717) is 5.92 Å².